The predicted molar refractivity (Wildman–Crippen MR) is 129 cm³/mol. The van der Waals surface area contributed by atoms with Crippen LogP contribution < -0.4 is 9.77 Å². The second-order valence-electron chi connectivity index (χ2n) is 7.47. The normalized spacial score (nSPS) is 15.7. The van der Waals surface area contributed by atoms with E-state index in [-0.39, 0.29) is 15.4 Å². The maximum Gasteiger partial charge on any atom is 0.313 e. The number of thiazole rings is 1. The molecule has 4 aromatic rings. The van der Waals surface area contributed by atoms with Crippen LogP contribution in [0.15, 0.2) is 83.7 Å². The topological polar surface area (TPSA) is 42.3 Å². The van der Waals surface area contributed by atoms with Crippen LogP contribution in [-0.2, 0) is 0 Å². The number of anilines is 2. The first kappa shape index (κ1) is 19.8. The van der Waals surface area contributed by atoms with E-state index in [4.69, 9.17) is 0 Å². The van der Waals surface area contributed by atoms with Gasteiger partial charge in [-0.3, -0.25) is 19.1 Å². The Morgan fingerprint density at radius 1 is 0.742 bits per heavy atom. The summed E-state index contributed by atoms with van der Waals surface area (Å²) in [6.45, 7) is 3.97. The SMILES string of the molecule is Cc1ccccc1N1C(=O)SC(c2ccccc2)c2sc(=O)n(-c3ccccc3C)c21. The van der Waals surface area contributed by atoms with Crippen LogP contribution in [0.3, 0.4) is 0 Å². The zero-order valence-corrected chi connectivity index (χ0v) is 18.7. The van der Waals surface area contributed by atoms with Crippen LogP contribution in [0.4, 0.5) is 16.3 Å². The van der Waals surface area contributed by atoms with E-state index in [0.29, 0.717) is 5.82 Å². The molecule has 1 aromatic heterocycles. The van der Waals surface area contributed by atoms with E-state index in [0.717, 1.165) is 32.9 Å². The molecule has 1 aliphatic rings. The number of thioether (sulfide) groups is 1. The van der Waals surface area contributed by atoms with E-state index in [1.165, 1.54) is 23.1 Å². The third-order valence-corrected chi connectivity index (χ3v) is 7.75. The van der Waals surface area contributed by atoms with Crippen molar-refractivity contribution in [1.82, 2.24) is 4.57 Å². The summed E-state index contributed by atoms with van der Waals surface area (Å²) in [6, 6.07) is 25.5. The van der Waals surface area contributed by atoms with E-state index in [2.05, 4.69) is 0 Å². The Morgan fingerprint density at radius 2 is 1.32 bits per heavy atom. The lowest BCUT2D eigenvalue weighted by Crippen LogP contribution is -2.31. The Bertz CT molecular complexity index is 1340. The highest BCUT2D eigenvalue weighted by Gasteiger charge is 2.39. The van der Waals surface area contributed by atoms with Gasteiger partial charge in [-0.1, -0.05) is 78.1 Å². The van der Waals surface area contributed by atoms with Gasteiger partial charge in [0.15, 0.2) is 0 Å². The Balaban J connectivity index is 1.83. The number of para-hydroxylation sites is 2. The fraction of sp³-hybridized carbons (Fsp3) is 0.120. The van der Waals surface area contributed by atoms with Gasteiger partial charge in [0.05, 0.1) is 21.5 Å². The molecule has 31 heavy (non-hydrogen) atoms. The molecule has 1 unspecified atom stereocenters. The fourth-order valence-corrected chi connectivity index (χ4v) is 6.22. The van der Waals surface area contributed by atoms with Gasteiger partial charge in [0.1, 0.15) is 5.82 Å². The first-order valence-corrected chi connectivity index (χ1v) is 11.7. The lowest BCUT2D eigenvalue weighted by atomic mass is 10.1. The minimum atomic E-state index is -0.216. The summed E-state index contributed by atoms with van der Waals surface area (Å²) in [5.74, 6) is 0.649. The monoisotopic (exact) mass is 444 g/mol. The molecule has 0 spiro atoms. The van der Waals surface area contributed by atoms with Crippen molar-refractivity contribution in [3.05, 3.63) is 110 Å². The van der Waals surface area contributed by atoms with Crippen LogP contribution >= 0.6 is 23.1 Å². The van der Waals surface area contributed by atoms with Crippen molar-refractivity contribution in [2.75, 3.05) is 4.90 Å². The zero-order chi connectivity index (χ0) is 21.5. The molecule has 1 atom stereocenters. The average molecular weight is 445 g/mol. The number of hydrogen-bond acceptors (Lipinski definition) is 4. The van der Waals surface area contributed by atoms with Crippen LogP contribution in [0, 0.1) is 13.8 Å². The highest BCUT2D eigenvalue weighted by molar-refractivity contribution is 8.14. The number of carbonyl (C=O) groups excluding carboxylic acids is 1. The van der Waals surface area contributed by atoms with Gasteiger partial charge < -0.3 is 0 Å². The first-order chi connectivity index (χ1) is 15.1. The second-order valence-corrected chi connectivity index (χ2v) is 9.52. The zero-order valence-electron chi connectivity index (χ0n) is 17.1. The summed E-state index contributed by atoms with van der Waals surface area (Å²) in [5, 5.41) is -0.303. The minimum absolute atomic E-state index is 0.0872. The van der Waals surface area contributed by atoms with Gasteiger partial charge in [-0.05, 0) is 54.4 Å². The number of aryl methyl sites for hydroxylation is 2. The van der Waals surface area contributed by atoms with Crippen molar-refractivity contribution >= 4 is 39.8 Å². The average Bonchev–Trinajstić information content (AvgIpc) is 3.11. The minimum Gasteiger partial charge on any atom is -0.261 e. The molecule has 6 heteroatoms. The molecule has 0 aliphatic carbocycles. The van der Waals surface area contributed by atoms with Crippen LogP contribution in [0.1, 0.15) is 26.8 Å². The molecule has 2 heterocycles. The molecule has 0 saturated heterocycles. The molecule has 1 aliphatic heterocycles. The predicted octanol–water partition coefficient (Wildman–Crippen LogP) is 6.61. The lowest BCUT2D eigenvalue weighted by molar-refractivity contribution is 0.266. The summed E-state index contributed by atoms with van der Waals surface area (Å²) in [6.07, 6.45) is 0. The number of rotatable bonds is 3. The molecular formula is C25H20N2O2S2. The Kier molecular flexibility index (Phi) is 5.04. The summed E-state index contributed by atoms with van der Waals surface area (Å²) in [5.41, 5.74) is 4.58. The van der Waals surface area contributed by atoms with Crippen LogP contribution in [0.2, 0.25) is 0 Å². The van der Waals surface area contributed by atoms with Crippen molar-refractivity contribution in [2.24, 2.45) is 0 Å². The van der Waals surface area contributed by atoms with E-state index in [1.807, 2.05) is 92.7 Å². The van der Waals surface area contributed by atoms with Crippen molar-refractivity contribution in [2.45, 2.75) is 19.1 Å². The standard InChI is InChI=1S/C25H20N2O2S2/c1-16-10-6-8-14-19(16)26-23-22(21(30-24(26)28)18-12-4-3-5-13-18)31-25(29)27(23)20-15-9-7-11-17(20)2/h3-15,21H,1-2H3. The number of aromatic nitrogens is 1. The number of nitrogens with zero attached hydrogens (tertiary/aromatic N) is 2. The second kappa shape index (κ2) is 7.87. The number of benzene rings is 3. The summed E-state index contributed by atoms with van der Waals surface area (Å²) < 4.78 is 1.70. The molecule has 0 fully saturated rings. The quantitative estimate of drug-likeness (QED) is 0.357. The largest absolute Gasteiger partial charge is 0.313 e. The molecule has 4 nitrogen and oxygen atoms in total. The molecule has 5 rings (SSSR count). The molecule has 0 saturated carbocycles. The van der Waals surface area contributed by atoms with Gasteiger partial charge in [0, 0.05) is 0 Å². The molecule has 0 radical (unpaired) electrons. The Labute approximate surface area is 188 Å². The van der Waals surface area contributed by atoms with Crippen molar-refractivity contribution in [1.29, 1.82) is 0 Å². The van der Waals surface area contributed by atoms with Gasteiger partial charge in [0.25, 0.3) is 5.24 Å². The van der Waals surface area contributed by atoms with E-state index in [9.17, 15) is 9.59 Å². The van der Waals surface area contributed by atoms with Crippen molar-refractivity contribution in [3.8, 4) is 5.69 Å². The van der Waals surface area contributed by atoms with Gasteiger partial charge >= 0.3 is 4.87 Å². The van der Waals surface area contributed by atoms with Crippen LogP contribution in [0.25, 0.3) is 5.69 Å². The fourth-order valence-electron chi connectivity index (χ4n) is 3.96. The molecule has 154 valence electrons. The smallest absolute Gasteiger partial charge is 0.261 e. The third-order valence-electron chi connectivity index (χ3n) is 5.48. The van der Waals surface area contributed by atoms with Gasteiger partial charge in [0.2, 0.25) is 0 Å². The Hall–Kier alpha value is -3.09. The number of hydrogen-bond donors (Lipinski definition) is 0. The summed E-state index contributed by atoms with van der Waals surface area (Å²) in [7, 11) is 0. The molecule has 0 N–H and O–H groups in total. The number of carbonyl (C=O) groups is 1. The highest BCUT2D eigenvalue weighted by atomic mass is 32.2. The maximum atomic E-state index is 13.5. The van der Waals surface area contributed by atoms with Crippen molar-refractivity contribution < 1.29 is 4.79 Å². The third kappa shape index (κ3) is 3.32. The molecular weight excluding hydrogens is 424 g/mol. The van der Waals surface area contributed by atoms with Gasteiger partial charge in [-0.2, -0.15) is 0 Å². The van der Waals surface area contributed by atoms with Gasteiger partial charge in [-0.25, -0.2) is 0 Å². The lowest BCUT2D eigenvalue weighted by Gasteiger charge is -2.33. The number of fused-ring (bicyclic) bond motifs is 1. The molecule has 0 bridgehead atoms. The van der Waals surface area contributed by atoms with Crippen LogP contribution in [0.5, 0.6) is 0 Å². The van der Waals surface area contributed by atoms with Crippen LogP contribution in [-0.4, -0.2) is 9.81 Å². The van der Waals surface area contributed by atoms with E-state index >= 15 is 0 Å². The van der Waals surface area contributed by atoms with E-state index in [1.54, 1.807) is 9.47 Å². The maximum absolute atomic E-state index is 13.5. The summed E-state index contributed by atoms with van der Waals surface area (Å²) in [4.78, 5) is 29.4. The van der Waals surface area contributed by atoms with Gasteiger partial charge in [-0.15, -0.1) is 0 Å². The summed E-state index contributed by atoms with van der Waals surface area (Å²) >= 11 is 2.48. The Morgan fingerprint density at radius 3 is 1.97 bits per heavy atom. The number of amides is 1. The molecule has 3 aromatic carbocycles. The van der Waals surface area contributed by atoms with Crippen molar-refractivity contribution in [3.63, 3.8) is 0 Å². The van der Waals surface area contributed by atoms with E-state index < -0.39 is 0 Å². The first-order valence-electron chi connectivity index (χ1n) is 9.99. The highest BCUT2D eigenvalue weighted by Crippen LogP contribution is 2.51. The molecule has 1 amide bonds.